The Morgan fingerprint density at radius 3 is 2.58 bits per heavy atom. The summed E-state index contributed by atoms with van der Waals surface area (Å²) in [5.74, 6) is 0. The number of nitrogens with zero attached hydrogens (tertiary/aromatic N) is 1. The molecule has 1 heterocycles. The Kier molecular flexibility index (Phi) is 2.41. The number of pyridine rings is 1. The molecule has 1 aromatic carbocycles. The van der Waals surface area contributed by atoms with Gasteiger partial charge in [-0.25, -0.2) is 0 Å². The minimum absolute atomic E-state index is 0. The number of fused-ring (bicyclic) bond motifs is 1. The number of hydrogen-bond acceptors (Lipinski definition) is 1. The van der Waals surface area contributed by atoms with Gasteiger partial charge in [0.15, 0.2) is 0 Å². The van der Waals surface area contributed by atoms with E-state index in [9.17, 15) is 0 Å². The zero-order valence-corrected chi connectivity index (χ0v) is 6.91. The van der Waals surface area contributed by atoms with Gasteiger partial charge in [-0.15, -0.1) is 0 Å². The van der Waals surface area contributed by atoms with Crippen molar-refractivity contribution in [3.8, 4) is 0 Å². The third-order valence-corrected chi connectivity index (χ3v) is 1.87. The van der Waals surface area contributed by atoms with Crippen molar-refractivity contribution in [1.82, 2.24) is 4.98 Å². The molecule has 0 amide bonds. The molecule has 2 rings (SSSR count). The summed E-state index contributed by atoms with van der Waals surface area (Å²) in [5, 5.41) is 2.51. The number of aromatic nitrogens is 1. The van der Waals surface area contributed by atoms with E-state index in [4.69, 9.17) is 0 Å². The molecular weight excluding hydrogens is 150 g/mol. The van der Waals surface area contributed by atoms with Crippen molar-refractivity contribution in [2.45, 2.75) is 6.92 Å². The van der Waals surface area contributed by atoms with E-state index in [0.29, 0.717) is 0 Å². The third kappa shape index (κ3) is 1.29. The highest BCUT2D eigenvalue weighted by molar-refractivity contribution is 5.83. The summed E-state index contributed by atoms with van der Waals surface area (Å²) >= 11 is 0. The molecule has 0 radical (unpaired) electrons. The Balaban J connectivity index is 0.000000720. The average molecular weight is 161 g/mol. The summed E-state index contributed by atoms with van der Waals surface area (Å²) < 4.78 is 0. The highest BCUT2D eigenvalue weighted by atomic mass is 16.0. The lowest BCUT2D eigenvalue weighted by Gasteiger charge is -1.97. The SMILES string of the molecule is Cc1nccc2ccccc12.O. The van der Waals surface area contributed by atoms with Crippen LogP contribution in [0.1, 0.15) is 5.69 Å². The van der Waals surface area contributed by atoms with Crippen LogP contribution in [0.5, 0.6) is 0 Å². The Morgan fingerprint density at radius 2 is 1.83 bits per heavy atom. The maximum absolute atomic E-state index is 4.21. The van der Waals surface area contributed by atoms with Crippen molar-refractivity contribution in [3.05, 3.63) is 42.2 Å². The lowest BCUT2D eigenvalue weighted by molar-refractivity contribution is 0.824. The number of benzene rings is 1. The van der Waals surface area contributed by atoms with E-state index < -0.39 is 0 Å². The van der Waals surface area contributed by atoms with Crippen LogP contribution in [0.3, 0.4) is 0 Å². The van der Waals surface area contributed by atoms with Gasteiger partial charge in [0, 0.05) is 17.3 Å². The molecule has 0 fully saturated rings. The first-order valence-corrected chi connectivity index (χ1v) is 3.68. The largest absolute Gasteiger partial charge is 0.412 e. The molecule has 0 atom stereocenters. The monoisotopic (exact) mass is 161 g/mol. The zero-order valence-electron chi connectivity index (χ0n) is 6.91. The van der Waals surface area contributed by atoms with Crippen LogP contribution in [-0.2, 0) is 0 Å². The summed E-state index contributed by atoms with van der Waals surface area (Å²) in [7, 11) is 0. The van der Waals surface area contributed by atoms with Crippen molar-refractivity contribution >= 4 is 10.8 Å². The van der Waals surface area contributed by atoms with Crippen LogP contribution in [0.4, 0.5) is 0 Å². The molecule has 2 aromatic rings. The standard InChI is InChI=1S/C10H9N.H2O/c1-8-10-5-3-2-4-9(10)6-7-11-8;/h2-7H,1H3;1H2. The summed E-state index contributed by atoms with van der Waals surface area (Å²) in [5.41, 5.74) is 1.10. The second-order valence-electron chi connectivity index (χ2n) is 2.62. The lowest BCUT2D eigenvalue weighted by atomic mass is 10.1. The second-order valence-corrected chi connectivity index (χ2v) is 2.62. The summed E-state index contributed by atoms with van der Waals surface area (Å²) in [6.45, 7) is 2.03. The first-order valence-electron chi connectivity index (χ1n) is 3.68. The normalized spacial score (nSPS) is 9.42. The van der Waals surface area contributed by atoms with Crippen LogP contribution in [0, 0.1) is 6.92 Å². The minimum atomic E-state index is 0. The van der Waals surface area contributed by atoms with E-state index in [-0.39, 0.29) is 5.48 Å². The molecular formula is C10H11NO. The molecule has 0 unspecified atom stereocenters. The highest BCUT2D eigenvalue weighted by Crippen LogP contribution is 2.14. The molecule has 0 aliphatic carbocycles. The van der Waals surface area contributed by atoms with Gasteiger partial charge in [-0.05, 0) is 18.4 Å². The molecule has 0 aliphatic heterocycles. The topological polar surface area (TPSA) is 44.4 Å². The predicted octanol–water partition coefficient (Wildman–Crippen LogP) is 1.72. The van der Waals surface area contributed by atoms with Gasteiger partial charge in [0.05, 0.1) is 0 Å². The maximum atomic E-state index is 4.21. The molecule has 2 N–H and O–H groups in total. The molecule has 0 saturated carbocycles. The van der Waals surface area contributed by atoms with Gasteiger partial charge < -0.3 is 5.48 Å². The number of aryl methyl sites for hydroxylation is 1. The molecule has 2 heteroatoms. The first kappa shape index (κ1) is 8.68. The van der Waals surface area contributed by atoms with Crippen LogP contribution < -0.4 is 0 Å². The molecule has 2 nitrogen and oxygen atoms in total. The summed E-state index contributed by atoms with van der Waals surface area (Å²) in [6, 6.07) is 10.3. The average Bonchev–Trinajstić information content (AvgIpc) is 2.06. The van der Waals surface area contributed by atoms with Gasteiger partial charge >= 0.3 is 0 Å². The van der Waals surface area contributed by atoms with E-state index in [2.05, 4.69) is 17.1 Å². The van der Waals surface area contributed by atoms with Crippen molar-refractivity contribution in [2.75, 3.05) is 0 Å². The zero-order chi connectivity index (χ0) is 7.68. The Hall–Kier alpha value is -1.41. The van der Waals surface area contributed by atoms with E-state index >= 15 is 0 Å². The van der Waals surface area contributed by atoms with E-state index in [1.807, 2.05) is 31.3 Å². The molecule has 0 bridgehead atoms. The van der Waals surface area contributed by atoms with Crippen LogP contribution in [0.25, 0.3) is 10.8 Å². The number of hydrogen-bond donors (Lipinski definition) is 0. The van der Waals surface area contributed by atoms with Crippen molar-refractivity contribution in [3.63, 3.8) is 0 Å². The Bertz CT molecular complexity index is 379. The van der Waals surface area contributed by atoms with E-state index in [0.717, 1.165) is 5.69 Å². The molecule has 0 aliphatic rings. The molecule has 12 heavy (non-hydrogen) atoms. The fourth-order valence-electron chi connectivity index (χ4n) is 1.27. The van der Waals surface area contributed by atoms with Gasteiger partial charge in [0.25, 0.3) is 0 Å². The van der Waals surface area contributed by atoms with Crippen molar-refractivity contribution in [2.24, 2.45) is 0 Å². The fourth-order valence-corrected chi connectivity index (χ4v) is 1.27. The highest BCUT2D eigenvalue weighted by Gasteiger charge is 1.93. The van der Waals surface area contributed by atoms with Crippen LogP contribution in [0.15, 0.2) is 36.5 Å². The fraction of sp³-hybridized carbons (Fsp3) is 0.100. The van der Waals surface area contributed by atoms with Crippen LogP contribution >= 0.6 is 0 Å². The van der Waals surface area contributed by atoms with Gasteiger partial charge in [-0.2, -0.15) is 0 Å². The second kappa shape index (κ2) is 3.32. The molecule has 1 aromatic heterocycles. The minimum Gasteiger partial charge on any atom is -0.412 e. The van der Waals surface area contributed by atoms with Crippen LogP contribution in [0.2, 0.25) is 0 Å². The Morgan fingerprint density at radius 1 is 1.08 bits per heavy atom. The number of rotatable bonds is 0. The molecule has 0 saturated heterocycles. The summed E-state index contributed by atoms with van der Waals surface area (Å²) in [4.78, 5) is 4.21. The van der Waals surface area contributed by atoms with Gasteiger partial charge in [0.1, 0.15) is 0 Å². The quantitative estimate of drug-likeness (QED) is 0.580. The Labute approximate surface area is 71.2 Å². The van der Waals surface area contributed by atoms with Crippen molar-refractivity contribution in [1.29, 1.82) is 0 Å². The van der Waals surface area contributed by atoms with Gasteiger partial charge in [-0.3, -0.25) is 4.98 Å². The third-order valence-electron chi connectivity index (χ3n) is 1.87. The smallest absolute Gasteiger partial charge is 0.0450 e. The maximum Gasteiger partial charge on any atom is 0.0450 e. The van der Waals surface area contributed by atoms with Gasteiger partial charge in [0.2, 0.25) is 0 Å². The van der Waals surface area contributed by atoms with Crippen LogP contribution in [-0.4, -0.2) is 10.5 Å². The lowest BCUT2D eigenvalue weighted by Crippen LogP contribution is -1.80. The summed E-state index contributed by atoms with van der Waals surface area (Å²) in [6.07, 6.45) is 1.84. The molecule has 0 spiro atoms. The molecule has 62 valence electrons. The van der Waals surface area contributed by atoms with Gasteiger partial charge in [-0.1, -0.05) is 24.3 Å². The first-order chi connectivity index (χ1) is 5.38. The van der Waals surface area contributed by atoms with Crippen molar-refractivity contribution < 1.29 is 5.48 Å². The predicted molar refractivity (Wildman–Crippen MR) is 50.1 cm³/mol. The van der Waals surface area contributed by atoms with E-state index in [1.54, 1.807) is 0 Å². The van der Waals surface area contributed by atoms with E-state index in [1.165, 1.54) is 10.8 Å².